The standard InChI is InChI=1S/C16H28N2O/c1-12-8-13(2)15(16(9-12)17-3)11-18(4)10-14-6-5-7-19-14/h5-7,12-13,15-17H,8-11H2,1-4H3. The van der Waals surface area contributed by atoms with E-state index < -0.39 is 0 Å². The molecule has 1 aromatic rings. The van der Waals surface area contributed by atoms with Crippen LogP contribution in [0, 0.1) is 17.8 Å². The summed E-state index contributed by atoms with van der Waals surface area (Å²) in [4.78, 5) is 2.39. The Kier molecular flexibility index (Phi) is 5.06. The minimum absolute atomic E-state index is 0.651. The first-order valence-electron chi connectivity index (χ1n) is 7.48. The number of hydrogen-bond donors (Lipinski definition) is 1. The molecule has 0 spiro atoms. The van der Waals surface area contributed by atoms with Crippen LogP contribution < -0.4 is 5.32 Å². The molecule has 1 saturated carbocycles. The minimum atomic E-state index is 0.651. The molecular formula is C16H28N2O. The van der Waals surface area contributed by atoms with Gasteiger partial charge in [-0.25, -0.2) is 0 Å². The highest BCUT2D eigenvalue weighted by Gasteiger charge is 2.33. The highest BCUT2D eigenvalue weighted by molar-refractivity contribution is 4.98. The summed E-state index contributed by atoms with van der Waals surface area (Å²) < 4.78 is 5.43. The fourth-order valence-electron chi connectivity index (χ4n) is 3.64. The lowest BCUT2D eigenvalue weighted by Gasteiger charge is -2.41. The van der Waals surface area contributed by atoms with Crippen LogP contribution in [-0.4, -0.2) is 31.6 Å². The molecule has 4 atom stereocenters. The molecule has 2 rings (SSSR count). The maximum Gasteiger partial charge on any atom is 0.117 e. The summed E-state index contributed by atoms with van der Waals surface area (Å²) >= 11 is 0. The molecule has 3 nitrogen and oxygen atoms in total. The molecule has 0 saturated heterocycles. The molecule has 1 aliphatic carbocycles. The van der Waals surface area contributed by atoms with Gasteiger partial charge in [0, 0.05) is 12.6 Å². The molecule has 1 N–H and O–H groups in total. The summed E-state index contributed by atoms with van der Waals surface area (Å²) in [7, 11) is 4.30. The van der Waals surface area contributed by atoms with Gasteiger partial charge in [0.15, 0.2) is 0 Å². The molecule has 108 valence electrons. The van der Waals surface area contributed by atoms with E-state index in [1.54, 1.807) is 6.26 Å². The minimum Gasteiger partial charge on any atom is -0.468 e. The van der Waals surface area contributed by atoms with Crippen molar-refractivity contribution in [2.45, 2.75) is 39.3 Å². The molecule has 0 radical (unpaired) electrons. The van der Waals surface area contributed by atoms with Crippen molar-refractivity contribution in [1.29, 1.82) is 0 Å². The Bertz CT molecular complexity index is 363. The van der Waals surface area contributed by atoms with Crippen LogP contribution in [0.15, 0.2) is 22.8 Å². The Hall–Kier alpha value is -0.800. The SMILES string of the molecule is CNC1CC(C)CC(C)C1CN(C)Cc1ccco1. The summed E-state index contributed by atoms with van der Waals surface area (Å²) in [6.45, 7) is 6.83. The third-order valence-corrected chi connectivity index (χ3v) is 4.58. The highest BCUT2D eigenvalue weighted by Crippen LogP contribution is 2.34. The highest BCUT2D eigenvalue weighted by atomic mass is 16.3. The van der Waals surface area contributed by atoms with E-state index in [1.807, 2.05) is 6.07 Å². The molecule has 1 aliphatic rings. The predicted octanol–water partition coefficient (Wildman–Crippen LogP) is 2.98. The first-order chi connectivity index (χ1) is 9.10. The van der Waals surface area contributed by atoms with Crippen LogP contribution in [-0.2, 0) is 6.54 Å². The van der Waals surface area contributed by atoms with Gasteiger partial charge in [0.2, 0.25) is 0 Å². The Morgan fingerprint density at radius 3 is 2.79 bits per heavy atom. The fourth-order valence-corrected chi connectivity index (χ4v) is 3.64. The molecule has 0 amide bonds. The van der Waals surface area contributed by atoms with Gasteiger partial charge in [-0.1, -0.05) is 13.8 Å². The van der Waals surface area contributed by atoms with Gasteiger partial charge in [-0.2, -0.15) is 0 Å². The maximum atomic E-state index is 5.43. The van der Waals surface area contributed by atoms with Crippen LogP contribution in [0.5, 0.6) is 0 Å². The second kappa shape index (κ2) is 6.58. The summed E-state index contributed by atoms with van der Waals surface area (Å²) in [5.41, 5.74) is 0. The van der Waals surface area contributed by atoms with Crippen LogP contribution in [0.1, 0.15) is 32.4 Å². The predicted molar refractivity (Wildman–Crippen MR) is 78.9 cm³/mol. The number of rotatable bonds is 5. The quantitative estimate of drug-likeness (QED) is 0.886. The monoisotopic (exact) mass is 264 g/mol. The largest absolute Gasteiger partial charge is 0.468 e. The summed E-state index contributed by atoms with van der Waals surface area (Å²) in [5, 5.41) is 3.53. The summed E-state index contributed by atoms with van der Waals surface area (Å²) in [6, 6.07) is 4.67. The van der Waals surface area contributed by atoms with Crippen LogP contribution in [0.2, 0.25) is 0 Å². The molecular weight excluding hydrogens is 236 g/mol. The molecule has 0 bridgehead atoms. The van der Waals surface area contributed by atoms with E-state index in [4.69, 9.17) is 4.42 Å². The zero-order chi connectivity index (χ0) is 13.8. The molecule has 0 aromatic carbocycles. The Morgan fingerprint density at radius 1 is 1.37 bits per heavy atom. The van der Waals surface area contributed by atoms with Gasteiger partial charge in [0.25, 0.3) is 0 Å². The van der Waals surface area contributed by atoms with Gasteiger partial charge < -0.3 is 9.73 Å². The third kappa shape index (κ3) is 3.83. The van der Waals surface area contributed by atoms with E-state index in [-0.39, 0.29) is 0 Å². The molecule has 19 heavy (non-hydrogen) atoms. The first-order valence-corrected chi connectivity index (χ1v) is 7.48. The van der Waals surface area contributed by atoms with Gasteiger partial charge in [-0.3, -0.25) is 4.90 Å². The molecule has 1 fully saturated rings. The zero-order valence-corrected chi connectivity index (χ0v) is 12.7. The average molecular weight is 264 g/mol. The van der Waals surface area contributed by atoms with Crippen LogP contribution in [0.25, 0.3) is 0 Å². The van der Waals surface area contributed by atoms with Crippen molar-refractivity contribution in [3.05, 3.63) is 24.2 Å². The zero-order valence-electron chi connectivity index (χ0n) is 12.7. The first kappa shape index (κ1) is 14.6. The van der Waals surface area contributed by atoms with E-state index in [9.17, 15) is 0 Å². The van der Waals surface area contributed by atoms with E-state index in [0.717, 1.165) is 36.6 Å². The Morgan fingerprint density at radius 2 is 2.16 bits per heavy atom. The third-order valence-electron chi connectivity index (χ3n) is 4.58. The molecule has 1 heterocycles. The van der Waals surface area contributed by atoms with Crippen molar-refractivity contribution < 1.29 is 4.42 Å². The lowest BCUT2D eigenvalue weighted by molar-refractivity contribution is 0.110. The number of nitrogens with one attached hydrogen (secondary N) is 1. The molecule has 3 heteroatoms. The lowest BCUT2D eigenvalue weighted by Crippen LogP contribution is -2.47. The van der Waals surface area contributed by atoms with Crippen molar-refractivity contribution in [1.82, 2.24) is 10.2 Å². The normalized spacial score (nSPS) is 31.8. The van der Waals surface area contributed by atoms with Crippen LogP contribution in [0.4, 0.5) is 0 Å². The second-order valence-corrected chi connectivity index (χ2v) is 6.39. The second-order valence-electron chi connectivity index (χ2n) is 6.39. The lowest BCUT2D eigenvalue weighted by atomic mass is 9.72. The van der Waals surface area contributed by atoms with Crippen LogP contribution in [0.3, 0.4) is 0 Å². The van der Waals surface area contributed by atoms with Gasteiger partial charge in [0.05, 0.1) is 12.8 Å². The Labute approximate surface area is 117 Å². The summed E-state index contributed by atoms with van der Waals surface area (Å²) in [6.07, 6.45) is 4.42. The van der Waals surface area contributed by atoms with Crippen molar-refractivity contribution >= 4 is 0 Å². The molecule has 4 unspecified atom stereocenters. The number of nitrogens with zero attached hydrogens (tertiary/aromatic N) is 1. The smallest absolute Gasteiger partial charge is 0.117 e. The van der Waals surface area contributed by atoms with E-state index in [1.165, 1.54) is 12.8 Å². The summed E-state index contributed by atoms with van der Waals surface area (Å²) in [5.74, 6) is 3.43. The van der Waals surface area contributed by atoms with Gasteiger partial charge >= 0.3 is 0 Å². The average Bonchev–Trinajstić information content (AvgIpc) is 2.85. The van der Waals surface area contributed by atoms with Crippen molar-refractivity contribution in [3.63, 3.8) is 0 Å². The molecule has 0 aliphatic heterocycles. The van der Waals surface area contributed by atoms with Gasteiger partial charge in [-0.15, -0.1) is 0 Å². The van der Waals surface area contributed by atoms with Gasteiger partial charge in [-0.05, 0) is 56.8 Å². The van der Waals surface area contributed by atoms with Crippen LogP contribution >= 0.6 is 0 Å². The van der Waals surface area contributed by atoms with E-state index in [2.05, 4.69) is 44.2 Å². The molecule has 1 aromatic heterocycles. The van der Waals surface area contributed by atoms with Crippen molar-refractivity contribution in [2.75, 3.05) is 20.6 Å². The number of hydrogen-bond acceptors (Lipinski definition) is 3. The van der Waals surface area contributed by atoms with E-state index >= 15 is 0 Å². The van der Waals surface area contributed by atoms with Gasteiger partial charge in [0.1, 0.15) is 5.76 Å². The number of furan rings is 1. The topological polar surface area (TPSA) is 28.4 Å². The Balaban J connectivity index is 1.92. The van der Waals surface area contributed by atoms with Crippen molar-refractivity contribution in [3.8, 4) is 0 Å². The van der Waals surface area contributed by atoms with E-state index in [0.29, 0.717) is 6.04 Å². The fraction of sp³-hybridized carbons (Fsp3) is 0.750. The maximum absolute atomic E-state index is 5.43. The van der Waals surface area contributed by atoms with Crippen molar-refractivity contribution in [2.24, 2.45) is 17.8 Å².